The Balaban J connectivity index is 1.04. The summed E-state index contributed by atoms with van der Waals surface area (Å²) in [4.78, 5) is 27.3. The molecule has 4 aromatic heterocycles. The molecule has 0 aliphatic rings. The zero-order valence-electron chi connectivity index (χ0n) is 19.3. The third kappa shape index (κ3) is 4.58. The second-order valence-electron chi connectivity index (χ2n) is 8.32. The average Bonchev–Trinajstić information content (AvgIpc) is 3.55. The number of hydrogen-bond donors (Lipinski definition) is 1. The van der Waals surface area contributed by atoms with Crippen molar-refractivity contribution in [3.63, 3.8) is 0 Å². The summed E-state index contributed by atoms with van der Waals surface area (Å²) in [7, 11) is 0. The van der Waals surface area contributed by atoms with E-state index in [0.717, 1.165) is 44.4 Å². The Bertz CT molecular complexity index is 1620. The van der Waals surface area contributed by atoms with E-state index < -0.39 is 0 Å². The number of carbonyl (C=O) groups is 1. The number of aromatic nitrogens is 5. The molecule has 0 fully saturated rings. The van der Waals surface area contributed by atoms with E-state index in [0.29, 0.717) is 12.1 Å². The zero-order valence-corrected chi connectivity index (χ0v) is 20.1. The van der Waals surface area contributed by atoms with Crippen molar-refractivity contribution in [2.24, 2.45) is 0 Å². The number of rotatable bonds is 7. The maximum absolute atomic E-state index is 12.6. The third-order valence-corrected chi connectivity index (χ3v) is 6.93. The van der Waals surface area contributed by atoms with Crippen LogP contribution in [0.1, 0.15) is 21.6 Å². The van der Waals surface area contributed by atoms with Gasteiger partial charge in [0.05, 0.1) is 16.7 Å². The van der Waals surface area contributed by atoms with E-state index in [2.05, 4.69) is 20.3 Å². The summed E-state index contributed by atoms with van der Waals surface area (Å²) in [6, 6.07) is 25.5. The number of thioether (sulfide) groups is 1. The van der Waals surface area contributed by atoms with Crippen LogP contribution in [0.4, 0.5) is 0 Å². The largest absolute Gasteiger partial charge is 0.348 e. The molecule has 0 unspecified atom stereocenters. The van der Waals surface area contributed by atoms with Crippen LogP contribution >= 0.6 is 11.8 Å². The molecule has 7 nitrogen and oxygen atoms in total. The molecule has 4 heterocycles. The fourth-order valence-electron chi connectivity index (χ4n) is 4.01. The normalized spacial score (nSPS) is 11.2. The van der Waals surface area contributed by atoms with E-state index in [9.17, 15) is 4.79 Å². The molecule has 0 atom stereocenters. The summed E-state index contributed by atoms with van der Waals surface area (Å²) in [5, 5.41) is 2.97. The number of imidazole rings is 2. The first-order valence-electron chi connectivity index (χ1n) is 11.5. The van der Waals surface area contributed by atoms with E-state index >= 15 is 0 Å². The summed E-state index contributed by atoms with van der Waals surface area (Å²) < 4.78 is 3.97. The Hall–Kier alpha value is -4.43. The van der Waals surface area contributed by atoms with Crippen LogP contribution in [0.2, 0.25) is 0 Å². The molecule has 36 heavy (non-hydrogen) atoms. The monoisotopic (exact) mass is 490 g/mol. The lowest BCUT2D eigenvalue weighted by molar-refractivity contribution is 0.0951. The van der Waals surface area contributed by atoms with Crippen LogP contribution in [0.3, 0.4) is 0 Å². The average molecular weight is 491 g/mol. The van der Waals surface area contributed by atoms with Gasteiger partial charge in [0.15, 0.2) is 0 Å². The van der Waals surface area contributed by atoms with Gasteiger partial charge in [-0.05, 0) is 60.2 Å². The van der Waals surface area contributed by atoms with Crippen LogP contribution in [-0.4, -0.2) is 29.8 Å². The van der Waals surface area contributed by atoms with Gasteiger partial charge in [-0.2, -0.15) is 0 Å². The number of amides is 1. The minimum absolute atomic E-state index is 0.114. The molecule has 6 rings (SSSR count). The molecule has 176 valence electrons. The van der Waals surface area contributed by atoms with Crippen LogP contribution in [0.15, 0.2) is 109 Å². The molecule has 1 amide bonds. The Morgan fingerprint density at radius 1 is 0.917 bits per heavy atom. The van der Waals surface area contributed by atoms with Crippen molar-refractivity contribution in [2.75, 3.05) is 0 Å². The van der Waals surface area contributed by atoms with Gasteiger partial charge < -0.3 is 9.72 Å². The van der Waals surface area contributed by atoms with Crippen LogP contribution < -0.4 is 5.32 Å². The van der Waals surface area contributed by atoms with Crippen LogP contribution in [0, 0.1) is 0 Å². The van der Waals surface area contributed by atoms with Gasteiger partial charge in [0, 0.05) is 41.3 Å². The molecule has 1 N–H and O–H groups in total. The van der Waals surface area contributed by atoms with Crippen LogP contribution in [0.5, 0.6) is 0 Å². The fourth-order valence-corrected chi connectivity index (χ4v) is 4.79. The molecule has 0 bridgehead atoms. The molecular weight excluding hydrogens is 468 g/mol. The van der Waals surface area contributed by atoms with Gasteiger partial charge in [-0.15, -0.1) is 11.8 Å². The highest BCUT2D eigenvalue weighted by atomic mass is 32.2. The van der Waals surface area contributed by atoms with Gasteiger partial charge in [-0.25, -0.2) is 15.0 Å². The smallest absolute Gasteiger partial charge is 0.251 e. The first-order chi connectivity index (χ1) is 17.7. The number of pyridine rings is 2. The highest BCUT2D eigenvalue weighted by molar-refractivity contribution is 7.98. The Kier molecular flexibility index (Phi) is 5.93. The maximum atomic E-state index is 12.6. The van der Waals surface area contributed by atoms with E-state index in [4.69, 9.17) is 0 Å². The Morgan fingerprint density at radius 2 is 1.78 bits per heavy atom. The Morgan fingerprint density at radius 3 is 2.61 bits per heavy atom. The molecule has 0 spiro atoms. The number of para-hydroxylation sites is 2. The van der Waals surface area contributed by atoms with Crippen LogP contribution in [-0.2, 0) is 12.3 Å². The van der Waals surface area contributed by atoms with E-state index in [-0.39, 0.29) is 5.91 Å². The summed E-state index contributed by atoms with van der Waals surface area (Å²) in [5.41, 5.74) is 5.45. The third-order valence-electron chi connectivity index (χ3n) is 5.88. The van der Waals surface area contributed by atoms with Gasteiger partial charge in [0.25, 0.3) is 5.91 Å². The van der Waals surface area contributed by atoms with Crippen molar-refractivity contribution in [1.82, 2.24) is 29.2 Å². The van der Waals surface area contributed by atoms with Crippen molar-refractivity contribution in [2.45, 2.75) is 17.2 Å². The molecule has 2 aromatic carbocycles. The summed E-state index contributed by atoms with van der Waals surface area (Å²) in [5.74, 6) is 1.44. The summed E-state index contributed by atoms with van der Waals surface area (Å²) in [6.07, 6.45) is 7.59. The second-order valence-corrected chi connectivity index (χ2v) is 9.37. The molecule has 0 radical (unpaired) electrons. The number of carbonyl (C=O) groups excluding carboxylic acids is 1. The molecule has 6 aromatic rings. The van der Waals surface area contributed by atoms with Crippen molar-refractivity contribution < 1.29 is 4.79 Å². The maximum Gasteiger partial charge on any atom is 0.251 e. The summed E-state index contributed by atoms with van der Waals surface area (Å²) in [6.45, 7) is 0.404. The highest BCUT2D eigenvalue weighted by Gasteiger charge is 2.08. The minimum Gasteiger partial charge on any atom is -0.348 e. The number of nitrogens with one attached hydrogen (secondary N) is 1. The van der Waals surface area contributed by atoms with Crippen molar-refractivity contribution in [3.05, 3.63) is 121 Å². The highest BCUT2D eigenvalue weighted by Crippen LogP contribution is 2.23. The second kappa shape index (κ2) is 9.67. The quantitative estimate of drug-likeness (QED) is 0.308. The topological polar surface area (TPSA) is 77.1 Å². The molecular formula is C28H22N6OS. The first-order valence-corrected chi connectivity index (χ1v) is 12.5. The lowest BCUT2D eigenvalue weighted by Gasteiger charge is -2.08. The molecule has 0 aliphatic carbocycles. The number of fused-ring (bicyclic) bond motifs is 2. The first kappa shape index (κ1) is 22.1. The van der Waals surface area contributed by atoms with Gasteiger partial charge >= 0.3 is 0 Å². The Labute approximate surface area is 211 Å². The predicted octanol–water partition coefficient (Wildman–Crippen LogP) is 5.29. The number of nitrogens with zero attached hydrogens (tertiary/aromatic N) is 5. The summed E-state index contributed by atoms with van der Waals surface area (Å²) >= 11 is 1.70. The lowest BCUT2D eigenvalue weighted by atomic mass is 10.2. The van der Waals surface area contributed by atoms with E-state index in [1.165, 1.54) is 0 Å². The van der Waals surface area contributed by atoms with Crippen molar-refractivity contribution >= 4 is 34.3 Å². The molecule has 0 aliphatic heterocycles. The molecule has 0 saturated heterocycles. The minimum atomic E-state index is -0.114. The zero-order chi connectivity index (χ0) is 24.3. The van der Waals surface area contributed by atoms with Gasteiger partial charge in [-0.3, -0.25) is 9.36 Å². The SMILES string of the molecule is O=C(NCc1ccc(-n2cnc3ccccc32)nc1)c1ccc(SCc2cn3ccccc3n2)cc1. The molecule has 8 heteroatoms. The van der Waals surface area contributed by atoms with Crippen LogP contribution in [0.25, 0.3) is 22.5 Å². The van der Waals surface area contributed by atoms with Gasteiger partial charge in [0.2, 0.25) is 0 Å². The van der Waals surface area contributed by atoms with E-state index in [1.807, 2.05) is 100 Å². The van der Waals surface area contributed by atoms with Crippen molar-refractivity contribution in [3.8, 4) is 5.82 Å². The fraction of sp³-hybridized carbons (Fsp3) is 0.0714. The predicted molar refractivity (Wildman–Crippen MR) is 141 cm³/mol. The number of hydrogen-bond acceptors (Lipinski definition) is 5. The van der Waals surface area contributed by atoms with Gasteiger partial charge in [-0.1, -0.05) is 24.3 Å². The van der Waals surface area contributed by atoms with Crippen molar-refractivity contribution in [1.29, 1.82) is 0 Å². The molecule has 0 saturated carbocycles. The van der Waals surface area contributed by atoms with Gasteiger partial charge in [0.1, 0.15) is 17.8 Å². The lowest BCUT2D eigenvalue weighted by Crippen LogP contribution is -2.22. The standard InChI is InChI=1S/C28H22N6OS/c35-28(21-9-11-23(12-10-21)36-18-22-17-33-14-4-3-7-27(33)32-22)30-16-20-8-13-26(29-15-20)34-19-31-24-5-1-2-6-25(24)34/h1-15,17,19H,16,18H2,(H,30,35). The van der Waals surface area contributed by atoms with E-state index in [1.54, 1.807) is 24.3 Å². The number of benzene rings is 2.